The van der Waals surface area contributed by atoms with Crippen LogP contribution in [0, 0.1) is 12.7 Å². The zero-order valence-corrected chi connectivity index (χ0v) is 21.4. The van der Waals surface area contributed by atoms with Gasteiger partial charge in [-0.3, -0.25) is 14.6 Å². The highest BCUT2D eigenvalue weighted by Gasteiger charge is 2.44. The number of fused-ring (bicyclic) bond motifs is 2. The molecule has 10 nitrogen and oxygen atoms in total. The minimum absolute atomic E-state index is 0.0495. The van der Waals surface area contributed by atoms with Crippen LogP contribution in [0.4, 0.5) is 15.9 Å². The molecule has 2 N–H and O–H groups in total. The molecule has 0 saturated heterocycles. The van der Waals surface area contributed by atoms with Crippen LogP contribution in [-0.2, 0) is 16.8 Å². The lowest BCUT2D eigenvalue weighted by atomic mass is 9.85. The number of hydrogen-bond acceptors (Lipinski definition) is 7. The van der Waals surface area contributed by atoms with E-state index < -0.39 is 11.3 Å². The second kappa shape index (κ2) is 9.05. The van der Waals surface area contributed by atoms with Crippen molar-refractivity contribution in [1.82, 2.24) is 29.7 Å². The average Bonchev–Trinajstić information content (AvgIpc) is 3.38. The molecule has 1 aromatic carbocycles. The largest absolute Gasteiger partial charge is 0.321 e. The maximum Gasteiger partial charge on any atom is 0.274 e. The molecule has 0 saturated carbocycles. The number of benzene rings is 1. The highest BCUT2D eigenvalue weighted by molar-refractivity contribution is 6.12. The van der Waals surface area contributed by atoms with E-state index in [1.54, 1.807) is 73.4 Å². The Morgan fingerprint density at radius 2 is 1.90 bits per heavy atom. The van der Waals surface area contributed by atoms with Crippen LogP contribution in [0.5, 0.6) is 0 Å². The fourth-order valence-electron chi connectivity index (χ4n) is 4.68. The van der Waals surface area contributed by atoms with Crippen molar-refractivity contribution in [3.8, 4) is 11.5 Å². The molecule has 2 amide bonds. The van der Waals surface area contributed by atoms with Crippen LogP contribution in [-0.4, -0.2) is 41.5 Å². The minimum atomic E-state index is -1.04. The Morgan fingerprint density at radius 3 is 2.69 bits per heavy atom. The molecule has 1 aliphatic heterocycles. The van der Waals surface area contributed by atoms with E-state index in [4.69, 9.17) is 0 Å². The summed E-state index contributed by atoms with van der Waals surface area (Å²) in [6, 6.07) is 13.4. The van der Waals surface area contributed by atoms with Crippen LogP contribution < -0.4 is 10.6 Å². The van der Waals surface area contributed by atoms with Gasteiger partial charge in [-0.25, -0.2) is 24.0 Å². The van der Waals surface area contributed by atoms with E-state index in [0.29, 0.717) is 33.5 Å². The minimum Gasteiger partial charge on any atom is -0.321 e. The van der Waals surface area contributed by atoms with Crippen LogP contribution in [0.1, 0.15) is 41.2 Å². The van der Waals surface area contributed by atoms with Gasteiger partial charge in [-0.05, 0) is 51.1 Å². The predicted octanol–water partition coefficient (Wildman–Crippen LogP) is 4.26. The fraction of sp³-hybridized carbons (Fsp3) is 0.179. The van der Waals surface area contributed by atoms with Gasteiger partial charge in [0.05, 0.1) is 17.3 Å². The van der Waals surface area contributed by atoms with E-state index in [0.717, 1.165) is 5.69 Å². The first-order chi connectivity index (χ1) is 18.7. The maximum absolute atomic E-state index is 14.4. The Balaban J connectivity index is 1.50. The van der Waals surface area contributed by atoms with E-state index in [1.807, 2.05) is 6.92 Å². The molecule has 5 aromatic rings. The summed E-state index contributed by atoms with van der Waals surface area (Å²) in [7, 11) is 0. The Morgan fingerprint density at radius 1 is 1.08 bits per heavy atom. The molecule has 5 heterocycles. The van der Waals surface area contributed by atoms with E-state index in [-0.39, 0.29) is 35.6 Å². The zero-order chi connectivity index (χ0) is 27.3. The maximum atomic E-state index is 14.4. The van der Waals surface area contributed by atoms with Crippen LogP contribution in [0.25, 0.3) is 22.6 Å². The van der Waals surface area contributed by atoms with Crippen molar-refractivity contribution < 1.29 is 14.0 Å². The zero-order valence-electron chi connectivity index (χ0n) is 21.4. The standard InChI is InChI=1S/C28H23FN8O2/c1-15-13-17(10-12-30-15)32-26(38)22-20-23(35-27(39)28(20,2)3)34-24(33-22)21-18-8-6-11-31-25(18)37(36-21)14-16-7-4-5-9-19(16)29/h4-13H,14H2,1-3H3,(H,30,32,38)(H,33,34,35,39). The number of halogens is 1. The van der Waals surface area contributed by atoms with Crippen molar-refractivity contribution in [1.29, 1.82) is 0 Å². The highest BCUT2D eigenvalue weighted by Crippen LogP contribution is 2.40. The van der Waals surface area contributed by atoms with Crippen LogP contribution in [0.3, 0.4) is 0 Å². The van der Waals surface area contributed by atoms with Gasteiger partial charge in [-0.2, -0.15) is 5.10 Å². The molecule has 11 heteroatoms. The third kappa shape index (κ3) is 4.17. The van der Waals surface area contributed by atoms with Crippen molar-refractivity contribution in [3.63, 3.8) is 0 Å². The molecule has 0 spiro atoms. The van der Waals surface area contributed by atoms with Gasteiger partial charge in [0.2, 0.25) is 5.91 Å². The number of aryl methyl sites for hydroxylation is 1. The molecule has 39 heavy (non-hydrogen) atoms. The molecule has 0 bridgehead atoms. The van der Waals surface area contributed by atoms with Gasteiger partial charge in [0, 0.05) is 34.9 Å². The third-order valence-electron chi connectivity index (χ3n) is 6.70. The van der Waals surface area contributed by atoms with Crippen LogP contribution in [0.2, 0.25) is 0 Å². The lowest BCUT2D eigenvalue weighted by Crippen LogP contribution is -2.29. The summed E-state index contributed by atoms with van der Waals surface area (Å²) in [6.45, 7) is 5.38. The summed E-state index contributed by atoms with van der Waals surface area (Å²) >= 11 is 0. The molecule has 194 valence electrons. The molecule has 0 fully saturated rings. The Labute approximate surface area is 222 Å². The molecule has 0 aliphatic carbocycles. The van der Waals surface area contributed by atoms with Crippen molar-refractivity contribution >= 4 is 34.4 Å². The number of pyridine rings is 2. The first kappa shape index (κ1) is 24.3. The number of nitrogens with zero attached hydrogens (tertiary/aromatic N) is 6. The quantitative estimate of drug-likeness (QED) is 0.353. The fourth-order valence-corrected chi connectivity index (χ4v) is 4.68. The van der Waals surface area contributed by atoms with Gasteiger partial charge in [-0.1, -0.05) is 18.2 Å². The molecule has 0 atom stereocenters. The molecule has 1 aliphatic rings. The summed E-state index contributed by atoms with van der Waals surface area (Å²) in [5.74, 6) is -0.782. The van der Waals surface area contributed by atoms with Gasteiger partial charge in [-0.15, -0.1) is 0 Å². The molecule has 6 rings (SSSR count). The van der Waals surface area contributed by atoms with Gasteiger partial charge < -0.3 is 10.6 Å². The summed E-state index contributed by atoms with van der Waals surface area (Å²) in [4.78, 5) is 44.3. The van der Waals surface area contributed by atoms with Crippen molar-refractivity contribution in [2.45, 2.75) is 32.7 Å². The van der Waals surface area contributed by atoms with Crippen LogP contribution in [0.15, 0.2) is 60.9 Å². The molecule has 0 unspecified atom stereocenters. The summed E-state index contributed by atoms with van der Waals surface area (Å²) in [5, 5.41) is 10.9. The van der Waals surface area contributed by atoms with Crippen LogP contribution >= 0.6 is 0 Å². The van der Waals surface area contributed by atoms with E-state index >= 15 is 0 Å². The van der Waals surface area contributed by atoms with Gasteiger partial charge in [0.25, 0.3) is 5.91 Å². The summed E-state index contributed by atoms with van der Waals surface area (Å²) < 4.78 is 16.0. The van der Waals surface area contributed by atoms with E-state index in [1.165, 1.54) is 6.07 Å². The number of amides is 2. The Hall–Kier alpha value is -5.06. The normalized spacial score (nSPS) is 13.8. The number of carbonyl (C=O) groups is 2. The summed E-state index contributed by atoms with van der Waals surface area (Å²) in [6.07, 6.45) is 3.21. The monoisotopic (exact) mass is 522 g/mol. The molecule has 0 radical (unpaired) electrons. The van der Waals surface area contributed by atoms with Gasteiger partial charge >= 0.3 is 0 Å². The number of rotatable bonds is 5. The van der Waals surface area contributed by atoms with Gasteiger partial charge in [0.1, 0.15) is 23.0 Å². The first-order valence-electron chi connectivity index (χ1n) is 12.3. The lowest BCUT2D eigenvalue weighted by molar-refractivity contribution is -0.119. The molecular weight excluding hydrogens is 499 g/mol. The van der Waals surface area contributed by atoms with Crippen molar-refractivity contribution in [3.05, 3.63) is 89.3 Å². The third-order valence-corrected chi connectivity index (χ3v) is 6.70. The number of carbonyl (C=O) groups excluding carboxylic acids is 2. The van der Waals surface area contributed by atoms with Gasteiger partial charge in [0.15, 0.2) is 11.5 Å². The SMILES string of the molecule is Cc1cc(NC(=O)c2nc(-c3nn(Cc4ccccc4F)c4ncccc34)nc3c2C(C)(C)C(=O)N3)ccn1. The second-order valence-corrected chi connectivity index (χ2v) is 9.81. The summed E-state index contributed by atoms with van der Waals surface area (Å²) in [5.41, 5.74) is 1.98. The molecule has 4 aromatic heterocycles. The predicted molar refractivity (Wildman–Crippen MR) is 143 cm³/mol. The highest BCUT2D eigenvalue weighted by atomic mass is 19.1. The topological polar surface area (TPSA) is 128 Å². The smallest absolute Gasteiger partial charge is 0.274 e. The lowest BCUT2D eigenvalue weighted by Gasteiger charge is -2.18. The number of aromatic nitrogens is 6. The van der Waals surface area contributed by atoms with E-state index in [2.05, 4.69) is 35.7 Å². The number of nitrogens with one attached hydrogen (secondary N) is 2. The van der Waals surface area contributed by atoms with Crippen molar-refractivity contribution in [2.24, 2.45) is 0 Å². The van der Waals surface area contributed by atoms with E-state index in [9.17, 15) is 14.0 Å². The molecular formula is C28H23FN8O2. The number of hydrogen-bond donors (Lipinski definition) is 2. The Bertz CT molecular complexity index is 1800. The first-order valence-corrected chi connectivity index (χ1v) is 12.3. The average molecular weight is 523 g/mol. The van der Waals surface area contributed by atoms with Crippen molar-refractivity contribution in [2.75, 3.05) is 10.6 Å². The number of anilines is 2. The second-order valence-electron chi connectivity index (χ2n) is 9.81. The Kier molecular flexibility index (Phi) is 5.63.